The minimum absolute atomic E-state index is 0.313. The van der Waals surface area contributed by atoms with Crippen molar-refractivity contribution in [3.8, 4) is 0 Å². The number of hydrogen-bond acceptors (Lipinski definition) is 7. The molecule has 0 aromatic heterocycles. The van der Waals surface area contributed by atoms with Crippen molar-refractivity contribution in [2.45, 2.75) is 18.6 Å². The molecule has 2 saturated heterocycles. The van der Waals surface area contributed by atoms with Gasteiger partial charge in [0, 0.05) is 25.9 Å². The van der Waals surface area contributed by atoms with Gasteiger partial charge in [-0.3, -0.25) is 19.2 Å². The van der Waals surface area contributed by atoms with Crippen molar-refractivity contribution in [1.29, 1.82) is 0 Å². The summed E-state index contributed by atoms with van der Waals surface area (Å²) in [6, 6.07) is 0. The predicted molar refractivity (Wildman–Crippen MR) is 61.2 cm³/mol. The number of carboxylic acid groups (broad SMARTS) is 1. The van der Waals surface area contributed by atoms with Gasteiger partial charge in [-0.15, -0.1) is 0 Å². The number of amides is 1. The third-order valence-electron chi connectivity index (χ3n) is 3.09. The fraction of sp³-hybridized carbons (Fsp3) is 0.636. The van der Waals surface area contributed by atoms with E-state index >= 15 is 0 Å². The molecule has 9 heteroatoms. The van der Waals surface area contributed by atoms with E-state index in [4.69, 9.17) is 14.6 Å². The van der Waals surface area contributed by atoms with Crippen molar-refractivity contribution in [1.82, 2.24) is 10.6 Å². The highest BCUT2D eigenvalue weighted by Crippen LogP contribution is 2.31. The Kier molecular flexibility index (Phi) is 3.89. The molecule has 0 bridgehead atoms. The van der Waals surface area contributed by atoms with E-state index < -0.39 is 42.1 Å². The maximum Gasteiger partial charge on any atom is 0.333 e. The van der Waals surface area contributed by atoms with Gasteiger partial charge < -0.3 is 25.2 Å². The number of ether oxygens (including phenoxy) is 2. The zero-order chi connectivity index (χ0) is 14.8. The standard InChI is InChI=1S/C11H14N2O7/c14-6(15)5-13-8(16)7-9(17)19-11(20-10(7)18)1-3-12-4-2-11/h7,12H,1-5H2,(H,13,16)(H,14,15). The Morgan fingerprint density at radius 1 is 1.25 bits per heavy atom. The molecular weight excluding hydrogens is 272 g/mol. The van der Waals surface area contributed by atoms with Gasteiger partial charge in [-0.1, -0.05) is 0 Å². The van der Waals surface area contributed by atoms with E-state index in [1.165, 1.54) is 0 Å². The number of carbonyl (C=O) groups excluding carboxylic acids is 3. The second kappa shape index (κ2) is 5.45. The van der Waals surface area contributed by atoms with Crippen molar-refractivity contribution >= 4 is 23.8 Å². The molecule has 2 fully saturated rings. The second-order valence-corrected chi connectivity index (χ2v) is 4.55. The number of carbonyl (C=O) groups is 4. The molecule has 0 unspecified atom stereocenters. The van der Waals surface area contributed by atoms with Gasteiger partial charge in [0.05, 0.1) is 0 Å². The summed E-state index contributed by atoms with van der Waals surface area (Å²) in [6.07, 6.45) is 0.627. The smallest absolute Gasteiger partial charge is 0.333 e. The first kappa shape index (κ1) is 14.3. The van der Waals surface area contributed by atoms with Crippen LogP contribution in [0.5, 0.6) is 0 Å². The quantitative estimate of drug-likeness (QED) is 0.400. The van der Waals surface area contributed by atoms with Crippen LogP contribution in [0.15, 0.2) is 0 Å². The monoisotopic (exact) mass is 286 g/mol. The zero-order valence-electron chi connectivity index (χ0n) is 10.5. The van der Waals surface area contributed by atoms with Crippen LogP contribution in [-0.4, -0.2) is 54.3 Å². The van der Waals surface area contributed by atoms with Crippen LogP contribution in [-0.2, 0) is 28.7 Å². The largest absolute Gasteiger partial charge is 0.480 e. The number of aliphatic carboxylic acids is 1. The average Bonchev–Trinajstić information content (AvgIpc) is 2.36. The Hall–Kier alpha value is -2.16. The molecule has 110 valence electrons. The maximum atomic E-state index is 11.8. The van der Waals surface area contributed by atoms with Crippen molar-refractivity contribution in [3.63, 3.8) is 0 Å². The molecule has 0 radical (unpaired) electrons. The van der Waals surface area contributed by atoms with E-state index in [9.17, 15) is 19.2 Å². The van der Waals surface area contributed by atoms with Crippen LogP contribution in [0.3, 0.4) is 0 Å². The van der Waals surface area contributed by atoms with Crippen molar-refractivity contribution in [2.75, 3.05) is 19.6 Å². The third kappa shape index (κ3) is 2.87. The lowest BCUT2D eigenvalue weighted by Crippen LogP contribution is -2.57. The van der Waals surface area contributed by atoms with E-state index in [1.54, 1.807) is 0 Å². The Bertz CT molecular complexity index is 436. The van der Waals surface area contributed by atoms with E-state index in [0.29, 0.717) is 25.9 Å². The number of piperidine rings is 1. The molecule has 2 aliphatic rings. The average molecular weight is 286 g/mol. The van der Waals surface area contributed by atoms with Crippen LogP contribution in [0.1, 0.15) is 12.8 Å². The van der Waals surface area contributed by atoms with Crippen LogP contribution in [0.4, 0.5) is 0 Å². The van der Waals surface area contributed by atoms with E-state index in [-0.39, 0.29) is 0 Å². The highest BCUT2D eigenvalue weighted by Gasteiger charge is 2.52. The van der Waals surface area contributed by atoms with Crippen molar-refractivity contribution < 1.29 is 33.8 Å². The number of rotatable bonds is 3. The van der Waals surface area contributed by atoms with Crippen molar-refractivity contribution in [2.24, 2.45) is 5.92 Å². The summed E-state index contributed by atoms with van der Waals surface area (Å²) in [7, 11) is 0. The lowest BCUT2D eigenvalue weighted by atomic mass is 10.0. The topological polar surface area (TPSA) is 131 Å². The molecule has 20 heavy (non-hydrogen) atoms. The van der Waals surface area contributed by atoms with Gasteiger partial charge in [-0.05, 0) is 0 Å². The molecule has 2 heterocycles. The first-order chi connectivity index (χ1) is 9.43. The normalized spacial score (nSPS) is 22.0. The summed E-state index contributed by atoms with van der Waals surface area (Å²) in [5.41, 5.74) is 0. The Balaban J connectivity index is 2.03. The van der Waals surface area contributed by atoms with Gasteiger partial charge >= 0.3 is 17.9 Å². The van der Waals surface area contributed by atoms with Gasteiger partial charge in [-0.2, -0.15) is 0 Å². The van der Waals surface area contributed by atoms with Gasteiger partial charge in [0.15, 0.2) is 0 Å². The van der Waals surface area contributed by atoms with Gasteiger partial charge in [0.1, 0.15) is 6.54 Å². The summed E-state index contributed by atoms with van der Waals surface area (Å²) in [6.45, 7) is 0.359. The summed E-state index contributed by atoms with van der Waals surface area (Å²) in [4.78, 5) is 45.6. The van der Waals surface area contributed by atoms with Crippen LogP contribution >= 0.6 is 0 Å². The lowest BCUT2D eigenvalue weighted by Gasteiger charge is -2.40. The van der Waals surface area contributed by atoms with E-state index in [0.717, 1.165) is 0 Å². The lowest BCUT2D eigenvalue weighted by molar-refractivity contribution is -0.257. The summed E-state index contributed by atoms with van der Waals surface area (Å²) >= 11 is 0. The predicted octanol–water partition coefficient (Wildman–Crippen LogP) is -2.02. The summed E-state index contributed by atoms with van der Waals surface area (Å²) in [5.74, 6) is -7.41. The molecule has 1 spiro atoms. The Labute approximate surface area is 113 Å². The first-order valence-corrected chi connectivity index (χ1v) is 6.09. The highest BCUT2D eigenvalue weighted by atomic mass is 16.7. The number of hydrogen-bond donors (Lipinski definition) is 3. The number of carboxylic acids is 1. The molecule has 3 N–H and O–H groups in total. The summed E-state index contributed by atoms with van der Waals surface area (Å²) in [5, 5.41) is 13.4. The van der Waals surface area contributed by atoms with Gasteiger partial charge in [-0.25, -0.2) is 0 Å². The van der Waals surface area contributed by atoms with E-state index in [2.05, 4.69) is 5.32 Å². The molecule has 2 rings (SSSR count). The van der Waals surface area contributed by atoms with Crippen molar-refractivity contribution in [3.05, 3.63) is 0 Å². The second-order valence-electron chi connectivity index (χ2n) is 4.55. The SMILES string of the molecule is O=C(O)CNC(=O)C1C(=O)OC2(CCNCC2)OC1=O. The van der Waals surface area contributed by atoms with Crippen LogP contribution < -0.4 is 10.6 Å². The minimum Gasteiger partial charge on any atom is -0.480 e. The molecule has 0 saturated carbocycles. The van der Waals surface area contributed by atoms with Gasteiger partial charge in [0.2, 0.25) is 11.8 Å². The zero-order valence-corrected chi connectivity index (χ0v) is 10.5. The van der Waals surface area contributed by atoms with E-state index in [1.807, 2.05) is 5.32 Å². The van der Waals surface area contributed by atoms with Gasteiger partial charge in [0.25, 0.3) is 5.79 Å². The molecule has 9 nitrogen and oxygen atoms in total. The molecule has 0 aromatic rings. The minimum atomic E-state index is -1.77. The first-order valence-electron chi connectivity index (χ1n) is 6.09. The fourth-order valence-corrected chi connectivity index (χ4v) is 2.09. The molecular formula is C11H14N2O7. The van der Waals surface area contributed by atoms with Crippen LogP contribution in [0.25, 0.3) is 0 Å². The fourth-order valence-electron chi connectivity index (χ4n) is 2.09. The number of nitrogens with one attached hydrogen (secondary N) is 2. The van der Waals surface area contributed by atoms with Crippen LogP contribution in [0.2, 0.25) is 0 Å². The Morgan fingerprint density at radius 3 is 2.30 bits per heavy atom. The maximum absolute atomic E-state index is 11.8. The van der Waals surface area contributed by atoms with Crippen LogP contribution in [0, 0.1) is 5.92 Å². The molecule has 0 atom stereocenters. The molecule has 2 aliphatic heterocycles. The molecule has 0 aromatic carbocycles. The molecule has 1 amide bonds. The highest BCUT2D eigenvalue weighted by molar-refractivity contribution is 6.15. The number of esters is 2. The molecule has 0 aliphatic carbocycles. The Morgan fingerprint density at radius 2 is 1.80 bits per heavy atom. The summed E-state index contributed by atoms with van der Waals surface area (Å²) < 4.78 is 10.2. The third-order valence-corrected chi connectivity index (χ3v) is 3.09.